The highest BCUT2D eigenvalue weighted by Crippen LogP contribution is 2.23. The molecule has 0 aliphatic carbocycles. The molecule has 4 nitrogen and oxygen atoms in total. The predicted molar refractivity (Wildman–Crippen MR) is 63.5 cm³/mol. The zero-order chi connectivity index (χ0) is 11.4. The summed E-state index contributed by atoms with van der Waals surface area (Å²) in [6.45, 7) is 3.66. The quantitative estimate of drug-likeness (QED) is 0.812. The first-order chi connectivity index (χ1) is 7.74. The number of thiazole rings is 1. The number of ether oxygens (including phenoxy) is 1. The lowest BCUT2D eigenvalue weighted by Gasteiger charge is -2.27. The van der Waals surface area contributed by atoms with E-state index < -0.39 is 5.54 Å². The van der Waals surface area contributed by atoms with Crippen LogP contribution in [-0.4, -0.2) is 36.0 Å². The summed E-state index contributed by atoms with van der Waals surface area (Å²) in [7, 11) is 0. The summed E-state index contributed by atoms with van der Waals surface area (Å²) in [5.41, 5.74) is -0.444. The Morgan fingerprint density at radius 1 is 1.75 bits per heavy atom. The Labute approximate surface area is 99.7 Å². The highest BCUT2D eigenvalue weighted by Gasteiger charge is 2.29. The summed E-state index contributed by atoms with van der Waals surface area (Å²) in [6.07, 6.45) is 4.29. The molecule has 1 fully saturated rings. The molecule has 0 saturated carbocycles. The molecule has 2 atom stereocenters. The van der Waals surface area contributed by atoms with Gasteiger partial charge < -0.3 is 15.2 Å². The van der Waals surface area contributed by atoms with Crippen molar-refractivity contribution in [3.05, 3.63) is 16.6 Å². The average Bonchev–Trinajstić information content (AvgIpc) is 2.98. The Morgan fingerprint density at radius 2 is 2.62 bits per heavy atom. The molecule has 1 aliphatic rings. The van der Waals surface area contributed by atoms with E-state index in [1.165, 1.54) is 0 Å². The van der Waals surface area contributed by atoms with Crippen LogP contribution in [0.25, 0.3) is 0 Å². The first-order valence-electron chi connectivity index (χ1n) is 5.62. The lowest BCUT2D eigenvalue weighted by molar-refractivity contribution is 0.0910. The fraction of sp³-hybridized carbons (Fsp3) is 0.727. The predicted octanol–water partition coefficient (Wildman–Crippen LogP) is 1.12. The molecule has 1 aromatic heterocycles. The molecule has 0 aromatic carbocycles. The SMILES string of the molecule is CC(CO)(NCC1CCCO1)c1nccs1. The van der Waals surface area contributed by atoms with E-state index in [4.69, 9.17) is 4.74 Å². The number of rotatable bonds is 5. The van der Waals surface area contributed by atoms with Gasteiger partial charge in [0, 0.05) is 24.7 Å². The maximum absolute atomic E-state index is 9.49. The molecule has 1 aromatic rings. The smallest absolute Gasteiger partial charge is 0.115 e. The van der Waals surface area contributed by atoms with E-state index in [0.717, 1.165) is 31.0 Å². The number of hydrogen-bond donors (Lipinski definition) is 2. The maximum Gasteiger partial charge on any atom is 0.115 e. The molecule has 16 heavy (non-hydrogen) atoms. The number of nitrogens with one attached hydrogen (secondary N) is 1. The van der Waals surface area contributed by atoms with Crippen LogP contribution in [0.2, 0.25) is 0 Å². The molecule has 5 heteroatoms. The normalized spacial score (nSPS) is 24.5. The van der Waals surface area contributed by atoms with Crippen LogP contribution in [0.4, 0.5) is 0 Å². The van der Waals surface area contributed by atoms with E-state index in [9.17, 15) is 5.11 Å². The molecule has 0 amide bonds. The number of hydrogen-bond acceptors (Lipinski definition) is 5. The van der Waals surface area contributed by atoms with Crippen LogP contribution in [0.1, 0.15) is 24.8 Å². The second-order valence-electron chi connectivity index (χ2n) is 4.34. The Morgan fingerprint density at radius 3 is 3.19 bits per heavy atom. The largest absolute Gasteiger partial charge is 0.394 e. The van der Waals surface area contributed by atoms with Crippen LogP contribution in [0.5, 0.6) is 0 Å². The molecule has 0 spiro atoms. The van der Waals surface area contributed by atoms with Crippen LogP contribution in [0.3, 0.4) is 0 Å². The second-order valence-corrected chi connectivity index (χ2v) is 5.24. The van der Waals surface area contributed by atoms with Gasteiger partial charge in [-0.15, -0.1) is 11.3 Å². The lowest BCUT2D eigenvalue weighted by Crippen LogP contribution is -2.46. The monoisotopic (exact) mass is 242 g/mol. The average molecular weight is 242 g/mol. The van der Waals surface area contributed by atoms with Gasteiger partial charge in [0.1, 0.15) is 5.01 Å². The highest BCUT2D eigenvalue weighted by molar-refractivity contribution is 7.09. The van der Waals surface area contributed by atoms with Crippen LogP contribution < -0.4 is 5.32 Å². The fourth-order valence-electron chi connectivity index (χ4n) is 1.84. The lowest BCUT2D eigenvalue weighted by atomic mass is 10.0. The zero-order valence-corrected chi connectivity index (χ0v) is 10.3. The zero-order valence-electron chi connectivity index (χ0n) is 9.48. The molecule has 1 aliphatic heterocycles. The Kier molecular flexibility index (Phi) is 3.91. The number of aromatic nitrogens is 1. The third-order valence-corrected chi connectivity index (χ3v) is 4.00. The third-order valence-electron chi connectivity index (χ3n) is 2.96. The molecule has 90 valence electrons. The van der Waals surface area contributed by atoms with Crippen molar-refractivity contribution in [2.75, 3.05) is 19.8 Å². The van der Waals surface area contributed by atoms with Crippen molar-refractivity contribution < 1.29 is 9.84 Å². The van der Waals surface area contributed by atoms with Crippen molar-refractivity contribution in [1.82, 2.24) is 10.3 Å². The Bertz CT molecular complexity index is 312. The Hall–Kier alpha value is -0.490. The van der Waals surface area contributed by atoms with Gasteiger partial charge in [0.05, 0.1) is 18.2 Å². The Balaban J connectivity index is 1.93. The van der Waals surface area contributed by atoms with Crippen LogP contribution in [0, 0.1) is 0 Å². The molecule has 2 heterocycles. The number of aliphatic hydroxyl groups excluding tert-OH is 1. The topological polar surface area (TPSA) is 54.4 Å². The summed E-state index contributed by atoms with van der Waals surface area (Å²) < 4.78 is 5.55. The first kappa shape index (κ1) is 12.0. The second kappa shape index (κ2) is 5.23. The van der Waals surface area contributed by atoms with Crippen molar-refractivity contribution in [3.63, 3.8) is 0 Å². The van der Waals surface area contributed by atoms with Gasteiger partial charge in [-0.3, -0.25) is 0 Å². The van der Waals surface area contributed by atoms with Gasteiger partial charge in [0.25, 0.3) is 0 Å². The summed E-state index contributed by atoms with van der Waals surface area (Å²) in [6, 6.07) is 0. The summed E-state index contributed by atoms with van der Waals surface area (Å²) in [5.74, 6) is 0. The van der Waals surface area contributed by atoms with Gasteiger partial charge in [0.15, 0.2) is 0 Å². The van der Waals surface area contributed by atoms with E-state index in [1.807, 2.05) is 12.3 Å². The van der Waals surface area contributed by atoms with Gasteiger partial charge in [0.2, 0.25) is 0 Å². The number of aliphatic hydroxyl groups is 1. The molecule has 2 N–H and O–H groups in total. The fourth-order valence-corrected chi connectivity index (χ4v) is 2.61. The van der Waals surface area contributed by atoms with Crippen LogP contribution in [-0.2, 0) is 10.3 Å². The minimum absolute atomic E-state index is 0.0488. The van der Waals surface area contributed by atoms with E-state index in [0.29, 0.717) is 0 Å². The van der Waals surface area contributed by atoms with Crippen molar-refractivity contribution >= 4 is 11.3 Å². The van der Waals surface area contributed by atoms with Crippen molar-refractivity contribution in [3.8, 4) is 0 Å². The van der Waals surface area contributed by atoms with Crippen molar-refractivity contribution in [1.29, 1.82) is 0 Å². The molecular formula is C11H18N2O2S. The van der Waals surface area contributed by atoms with Gasteiger partial charge in [-0.25, -0.2) is 4.98 Å². The maximum atomic E-state index is 9.49. The van der Waals surface area contributed by atoms with Gasteiger partial charge >= 0.3 is 0 Å². The summed E-state index contributed by atoms with van der Waals surface area (Å²) in [4.78, 5) is 4.26. The molecular weight excluding hydrogens is 224 g/mol. The molecule has 2 rings (SSSR count). The van der Waals surface area contributed by atoms with Gasteiger partial charge in [-0.1, -0.05) is 0 Å². The molecule has 2 unspecified atom stereocenters. The van der Waals surface area contributed by atoms with E-state index in [2.05, 4.69) is 10.3 Å². The van der Waals surface area contributed by atoms with Crippen LogP contribution in [0.15, 0.2) is 11.6 Å². The van der Waals surface area contributed by atoms with E-state index in [1.54, 1.807) is 17.5 Å². The number of nitrogens with zero attached hydrogens (tertiary/aromatic N) is 1. The third kappa shape index (κ3) is 2.60. The van der Waals surface area contributed by atoms with Gasteiger partial charge in [-0.2, -0.15) is 0 Å². The standard InChI is InChI=1S/C11H18N2O2S/c1-11(8-14,10-12-4-6-16-10)13-7-9-3-2-5-15-9/h4,6,9,13-14H,2-3,5,7-8H2,1H3. The molecule has 0 radical (unpaired) electrons. The first-order valence-corrected chi connectivity index (χ1v) is 6.50. The molecule has 0 bridgehead atoms. The molecule has 1 saturated heterocycles. The summed E-state index contributed by atoms with van der Waals surface area (Å²) >= 11 is 1.56. The van der Waals surface area contributed by atoms with Crippen molar-refractivity contribution in [2.24, 2.45) is 0 Å². The minimum Gasteiger partial charge on any atom is -0.394 e. The van der Waals surface area contributed by atoms with E-state index >= 15 is 0 Å². The van der Waals surface area contributed by atoms with Crippen molar-refractivity contribution in [2.45, 2.75) is 31.4 Å². The van der Waals surface area contributed by atoms with E-state index in [-0.39, 0.29) is 12.7 Å². The minimum atomic E-state index is -0.444. The van der Waals surface area contributed by atoms with Crippen LogP contribution >= 0.6 is 11.3 Å². The summed E-state index contributed by atoms with van der Waals surface area (Å²) in [5, 5.41) is 15.7. The van der Waals surface area contributed by atoms with Gasteiger partial charge in [-0.05, 0) is 19.8 Å². The highest BCUT2D eigenvalue weighted by atomic mass is 32.1.